The zero-order chi connectivity index (χ0) is 12.3. The molecule has 1 heterocycles. The van der Waals surface area contributed by atoms with Crippen molar-refractivity contribution in [3.05, 3.63) is 35.9 Å². The third-order valence-electron chi connectivity index (χ3n) is 2.60. The minimum Gasteiger partial charge on any atom is -0.449 e. The van der Waals surface area contributed by atoms with Crippen molar-refractivity contribution in [2.24, 2.45) is 0 Å². The Bertz CT molecular complexity index is 445. The molecule has 17 heavy (non-hydrogen) atoms. The molecule has 0 spiro atoms. The molecule has 1 aromatic rings. The molecule has 1 amide bonds. The highest BCUT2D eigenvalue weighted by molar-refractivity contribution is 7.99. The lowest BCUT2D eigenvalue weighted by molar-refractivity contribution is 0.160. The number of nitrogens with zero attached hydrogens (tertiary/aromatic N) is 1. The number of fused-ring (bicyclic) bond motifs is 1. The van der Waals surface area contributed by atoms with E-state index in [9.17, 15) is 4.79 Å². The molecule has 3 nitrogen and oxygen atoms in total. The van der Waals surface area contributed by atoms with Gasteiger partial charge in [0, 0.05) is 0 Å². The van der Waals surface area contributed by atoms with Crippen molar-refractivity contribution in [3.8, 4) is 0 Å². The summed E-state index contributed by atoms with van der Waals surface area (Å²) in [6.45, 7) is 2.21. The van der Waals surface area contributed by atoms with E-state index in [0.29, 0.717) is 6.61 Å². The van der Waals surface area contributed by atoms with Gasteiger partial charge in [-0.2, -0.15) is 0 Å². The molecular weight excluding hydrogens is 234 g/mol. The first kappa shape index (κ1) is 12.0. The third kappa shape index (κ3) is 2.31. The normalized spacial score (nSPS) is 17.8. The van der Waals surface area contributed by atoms with Crippen molar-refractivity contribution in [2.45, 2.75) is 12.3 Å². The summed E-state index contributed by atoms with van der Waals surface area (Å²) in [5, 5.41) is 0.00366. The second-order valence-corrected chi connectivity index (χ2v) is 4.57. The molecule has 2 rings (SSSR count). The van der Waals surface area contributed by atoms with Gasteiger partial charge >= 0.3 is 6.09 Å². The first-order chi connectivity index (χ1) is 8.27. The molecule has 0 unspecified atom stereocenters. The summed E-state index contributed by atoms with van der Waals surface area (Å²) in [6.07, 6.45) is 5.76. The number of para-hydroxylation sites is 1. The summed E-state index contributed by atoms with van der Waals surface area (Å²) in [4.78, 5) is 13.7. The predicted molar refractivity (Wildman–Crippen MR) is 72.3 cm³/mol. The first-order valence-electron chi connectivity index (χ1n) is 5.54. The maximum absolute atomic E-state index is 12.0. The lowest BCUT2D eigenvalue weighted by atomic mass is 10.1. The summed E-state index contributed by atoms with van der Waals surface area (Å²) in [5.74, 6) is 0. The lowest BCUT2D eigenvalue weighted by Gasteiger charge is -2.31. The maximum atomic E-state index is 12.0. The largest absolute Gasteiger partial charge is 0.449 e. The fourth-order valence-electron chi connectivity index (χ4n) is 1.84. The number of benzene rings is 1. The summed E-state index contributed by atoms with van der Waals surface area (Å²) in [5.41, 5.74) is 1.96. The van der Waals surface area contributed by atoms with Gasteiger partial charge in [-0.25, -0.2) is 4.79 Å². The molecule has 1 atom stereocenters. The van der Waals surface area contributed by atoms with Crippen molar-refractivity contribution in [2.75, 3.05) is 17.8 Å². The van der Waals surface area contributed by atoms with Gasteiger partial charge in [0.2, 0.25) is 0 Å². The second-order valence-electron chi connectivity index (χ2n) is 3.61. The van der Waals surface area contributed by atoms with Crippen LogP contribution in [0.3, 0.4) is 0 Å². The van der Waals surface area contributed by atoms with E-state index in [1.807, 2.05) is 49.6 Å². The van der Waals surface area contributed by atoms with Gasteiger partial charge in [-0.05, 0) is 24.8 Å². The maximum Gasteiger partial charge on any atom is 0.415 e. The second kappa shape index (κ2) is 5.27. The number of anilines is 1. The molecule has 1 aliphatic heterocycles. The molecule has 0 aliphatic carbocycles. The van der Waals surface area contributed by atoms with Gasteiger partial charge in [0.1, 0.15) is 5.37 Å². The topological polar surface area (TPSA) is 29.5 Å². The van der Waals surface area contributed by atoms with Crippen LogP contribution in [-0.4, -0.2) is 24.3 Å². The number of rotatable bonds is 2. The summed E-state index contributed by atoms with van der Waals surface area (Å²) in [7, 11) is 0. The highest BCUT2D eigenvalue weighted by Crippen LogP contribution is 2.32. The van der Waals surface area contributed by atoms with Crippen LogP contribution in [0.15, 0.2) is 30.3 Å². The van der Waals surface area contributed by atoms with Crippen molar-refractivity contribution < 1.29 is 9.53 Å². The minimum atomic E-state index is -0.288. The van der Waals surface area contributed by atoms with Crippen LogP contribution in [0.5, 0.6) is 0 Å². The average Bonchev–Trinajstić information content (AvgIpc) is 2.37. The fraction of sp³-hybridized carbons (Fsp3) is 0.308. The molecule has 90 valence electrons. The van der Waals surface area contributed by atoms with Crippen LogP contribution in [0.2, 0.25) is 0 Å². The van der Waals surface area contributed by atoms with Gasteiger partial charge in [0.15, 0.2) is 0 Å². The molecular formula is C13H15NO2S. The number of ether oxygens (including phenoxy) is 1. The van der Waals surface area contributed by atoms with Crippen molar-refractivity contribution in [1.82, 2.24) is 0 Å². The Hall–Kier alpha value is -1.42. The van der Waals surface area contributed by atoms with Crippen LogP contribution in [0.25, 0.3) is 6.08 Å². The van der Waals surface area contributed by atoms with Gasteiger partial charge in [-0.3, -0.25) is 4.90 Å². The predicted octanol–water partition coefficient (Wildman–Crippen LogP) is 3.37. The minimum absolute atomic E-state index is 0.00366. The van der Waals surface area contributed by atoms with Crippen LogP contribution < -0.4 is 4.90 Å². The van der Waals surface area contributed by atoms with Crippen molar-refractivity contribution in [1.29, 1.82) is 0 Å². The number of thioether (sulfide) groups is 1. The first-order valence-corrected chi connectivity index (χ1v) is 6.82. The lowest BCUT2D eigenvalue weighted by Crippen LogP contribution is -2.39. The van der Waals surface area contributed by atoms with Crippen LogP contribution in [0.1, 0.15) is 12.5 Å². The molecule has 1 aromatic carbocycles. The van der Waals surface area contributed by atoms with E-state index in [4.69, 9.17) is 4.74 Å². The number of amides is 1. The Morgan fingerprint density at radius 2 is 2.24 bits per heavy atom. The molecule has 0 N–H and O–H groups in total. The molecule has 1 aliphatic rings. The molecule has 0 bridgehead atoms. The molecule has 4 heteroatoms. The zero-order valence-corrected chi connectivity index (χ0v) is 10.7. The van der Waals surface area contributed by atoms with Gasteiger partial charge in [-0.1, -0.05) is 30.4 Å². The standard InChI is InChI=1S/C13H15NO2S/c1-3-16-13(15)14-11-7-5-4-6-10(11)8-9-12(14)17-2/h4-9,12H,3H2,1-2H3/t12-/m1/s1. The van der Waals surface area contributed by atoms with Crippen molar-refractivity contribution in [3.63, 3.8) is 0 Å². The number of hydrogen-bond acceptors (Lipinski definition) is 3. The Kier molecular flexibility index (Phi) is 3.74. The van der Waals surface area contributed by atoms with E-state index in [1.165, 1.54) is 0 Å². The molecule has 0 saturated heterocycles. The Balaban J connectivity index is 2.38. The number of hydrogen-bond donors (Lipinski definition) is 0. The average molecular weight is 249 g/mol. The zero-order valence-electron chi connectivity index (χ0n) is 9.92. The Morgan fingerprint density at radius 1 is 1.47 bits per heavy atom. The SMILES string of the molecule is CCOC(=O)N1c2ccccc2C=C[C@H]1SC. The molecule has 0 radical (unpaired) electrons. The van der Waals surface area contributed by atoms with Gasteiger partial charge in [0.05, 0.1) is 12.3 Å². The summed E-state index contributed by atoms with van der Waals surface area (Å²) in [6, 6.07) is 7.83. The highest BCUT2D eigenvalue weighted by atomic mass is 32.2. The Labute approximate surface area is 105 Å². The van der Waals surface area contributed by atoms with E-state index < -0.39 is 0 Å². The summed E-state index contributed by atoms with van der Waals surface area (Å²) < 4.78 is 5.11. The number of carbonyl (C=O) groups excluding carboxylic acids is 1. The van der Waals surface area contributed by atoms with Gasteiger partial charge in [0.25, 0.3) is 0 Å². The quantitative estimate of drug-likeness (QED) is 0.805. The molecule has 0 aromatic heterocycles. The van der Waals surface area contributed by atoms with Crippen LogP contribution in [-0.2, 0) is 4.74 Å². The van der Waals surface area contributed by atoms with Crippen molar-refractivity contribution >= 4 is 29.6 Å². The smallest absolute Gasteiger partial charge is 0.415 e. The van der Waals surface area contributed by atoms with Gasteiger partial charge in [-0.15, -0.1) is 11.8 Å². The highest BCUT2D eigenvalue weighted by Gasteiger charge is 2.28. The fourth-order valence-corrected chi connectivity index (χ4v) is 2.48. The Morgan fingerprint density at radius 3 is 2.94 bits per heavy atom. The van der Waals surface area contributed by atoms with E-state index >= 15 is 0 Å². The van der Waals surface area contributed by atoms with Crippen LogP contribution in [0, 0.1) is 0 Å². The molecule has 0 fully saturated rings. The van der Waals surface area contributed by atoms with Gasteiger partial charge < -0.3 is 4.74 Å². The van der Waals surface area contributed by atoms with Crippen LogP contribution >= 0.6 is 11.8 Å². The summed E-state index contributed by atoms with van der Waals surface area (Å²) >= 11 is 1.61. The van der Waals surface area contributed by atoms with E-state index in [2.05, 4.69) is 0 Å². The van der Waals surface area contributed by atoms with Crippen LogP contribution in [0.4, 0.5) is 10.5 Å². The van der Waals surface area contributed by atoms with E-state index in [1.54, 1.807) is 16.7 Å². The van der Waals surface area contributed by atoms with E-state index in [0.717, 1.165) is 11.3 Å². The third-order valence-corrected chi connectivity index (χ3v) is 3.45. The number of carbonyl (C=O) groups is 1. The molecule has 0 saturated carbocycles. The van der Waals surface area contributed by atoms with E-state index in [-0.39, 0.29) is 11.5 Å². The monoisotopic (exact) mass is 249 g/mol.